The maximum absolute atomic E-state index is 12.9. The van der Waals surface area contributed by atoms with Crippen LogP contribution in [0.5, 0.6) is 5.75 Å². The molecule has 6 heteroatoms. The summed E-state index contributed by atoms with van der Waals surface area (Å²) in [4.78, 5) is 31.4. The first kappa shape index (κ1) is 17.3. The van der Waals surface area contributed by atoms with Crippen molar-refractivity contribution in [2.45, 2.75) is 25.8 Å². The van der Waals surface area contributed by atoms with Gasteiger partial charge in [-0.1, -0.05) is 18.2 Å². The lowest BCUT2D eigenvalue weighted by atomic mass is 9.78. The van der Waals surface area contributed by atoms with Crippen LogP contribution in [0.25, 0.3) is 0 Å². The number of rotatable bonds is 2. The molecular formula is C20H27N3O3. The molecule has 0 aliphatic carbocycles. The Bertz CT molecular complexity index is 707. The predicted octanol–water partition coefficient (Wildman–Crippen LogP) is 1.35. The number of benzene rings is 1. The second-order valence-electron chi connectivity index (χ2n) is 7.84. The van der Waals surface area contributed by atoms with Crippen molar-refractivity contribution in [3.05, 3.63) is 29.8 Å². The molecule has 2 fully saturated rings. The quantitative estimate of drug-likeness (QED) is 0.802. The Balaban J connectivity index is 1.39. The molecule has 1 aromatic carbocycles. The van der Waals surface area contributed by atoms with Crippen LogP contribution in [0.15, 0.2) is 24.3 Å². The van der Waals surface area contributed by atoms with E-state index in [1.54, 1.807) is 0 Å². The average Bonchev–Trinajstić information content (AvgIpc) is 2.95. The van der Waals surface area contributed by atoms with Gasteiger partial charge in [0.25, 0.3) is 0 Å². The molecule has 2 saturated heterocycles. The molecule has 0 saturated carbocycles. The summed E-state index contributed by atoms with van der Waals surface area (Å²) in [5, 5.41) is 0. The molecule has 1 aromatic rings. The van der Waals surface area contributed by atoms with E-state index in [0.29, 0.717) is 26.2 Å². The van der Waals surface area contributed by atoms with Crippen molar-refractivity contribution in [2.24, 2.45) is 5.41 Å². The number of carbonyl (C=O) groups excluding carboxylic acids is 2. The van der Waals surface area contributed by atoms with Crippen LogP contribution in [0.3, 0.4) is 0 Å². The SMILES string of the molecule is CN1CCC[C@@]2(CCN(C(=O)CN3CCOc4ccccc4C3)C2)C1=O. The number of nitrogens with zero attached hydrogens (tertiary/aromatic N) is 3. The van der Waals surface area contributed by atoms with Gasteiger partial charge in [0.1, 0.15) is 12.4 Å². The number of para-hydroxylation sites is 1. The van der Waals surface area contributed by atoms with Crippen molar-refractivity contribution >= 4 is 11.8 Å². The normalized spacial score (nSPS) is 26.6. The zero-order valence-corrected chi connectivity index (χ0v) is 15.4. The average molecular weight is 357 g/mol. The minimum absolute atomic E-state index is 0.127. The van der Waals surface area contributed by atoms with Gasteiger partial charge in [-0.05, 0) is 25.3 Å². The Hall–Kier alpha value is -2.08. The zero-order valence-electron chi connectivity index (χ0n) is 15.4. The number of hydrogen-bond donors (Lipinski definition) is 0. The highest BCUT2D eigenvalue weighted by molar-refractivity contribution is 5.86. The lowest BCUT2D eigenvalue weighted by Crippen LogP contribution is -2.49. The largest absolute Gasteiger partial charge is 0.492 e. The van der Waals surface area contributed by atoms with Crippen LogP contribution in [0.1, 0.15) is 24.8 Å². The summed E-state index contributed by atoms with van der Waals surface area (Å²) in [6, 6.07) is 8.01. The highest BCUT2D eigenvalue weighted by atomic mass is 16.5. The van der Waals surface area contributed by atoms with E-state index in [-0.39, 0.29) is 17.2 Å². The molecule has 3 aliphatic rings. The molecule has 0 N–H and O–H groups in total. The fraction of sp³-hybridized carbons (Fsp3) is 0.600. The van der Waals surface area contributed by atoms with Crippen LogP contribution in [0.2, 0.25) is 0 Å². The molecule has 0 unspecified atom stereocenters. The third kappa shape index (κ3) is 3.18. The number of amides is 2. The van der Waals surface area contributed by atoms with E-state index in [0.717, 1.165) is 50.2 Å². The summed E-state index contributed by atoms with van der Waals surface area (Å²) in [6.07, 6.45) is 2.74. The van der Waals surface area contributed by atoms with Crippen molar-refractivity contribution in [1.29, 1.82) is 0 Å². The second-order valence-corrected chi connectivity index (χ2v) is 7.84. The lowest BCUT2D eigenvalue weighted by Gasteiger charge is -2.37. The molecule has 3 heterocycles. The van der Waals surface area contributed by atoms with Gasteiger partial charge in [0, 0.05) is 45.3 Å². The lowest BCUT2D eigenvalue weighted by molar-refractivity contribution is -0.144. The molecule has 0 bridgehead atoms. The first-order valence-corrected chi connectivity index (χ1v) is 9.54. The van der Waals surface area contributed by atoms with Crippen molar-refractivity contribution in [3.63, 3.8) is 0 Å². The first-order valence-electron chi connectivity index (χ1n) is 9.54. The van der Waals surface area contributed by atoms with Crippen LogP contribution < -0.4 is 4.74 Å². The number of carbonyl (C=O) groups is 2. The third-order valence-corrected chi connectivity index (χ3v) is 6.05. The van der Waals surface area contributed by atoms with Crippen molar-refractivity contribution in [3.8, 4) is 5.75 Å². The Kier molecular flexibility index (Phi) is 4.61. The number of ether oxygens (including phenoxy) is 1. The molecule has 1 spiro atoms. The summed E-state index contributed by atoms with van der Waals surface area (Å²) in [7, 11) is 1.88. The summed E-state index contributed by atoms with van der Waals surface area (Å²) in [5.41, 5.74) is 0.789. The molecule has 0 aromatic heterocycles. The first-order chi connectivity index (χ1) is 12.6. The molecule has 2 amide bonds. The predicted molar refractivity (Wildman–Crippen MR) is 97.7 cm³/mol. The number of likely N-dealkylation sites (tertiary alicyclic amines) is 2. The highest BCUT2D eigenvalue weighted by Crippen LogP contribution is 2.39. The summed E-state index contributed by atoms with van der Waals surface area (Å²) in [5.74, 6) is 1.26. The zero-order chi connectivity index (χ0) is 18.1. The minimum Gasteiger partial charge on any atom is -0.492 e. The molecular weight excluding hydrogens is 330 g/mol. The summed E-state index contributed by atoms with van der Waals surface area (Å²) < 4.78 is 5.78. The summed E-state index contributed by atoms with van der Waals surface area (Å²) >= 11 is 0. The van der Waals surface area contributed by atoms with E-state index in [1.165, 1.54) is 0 Å². The van der Waals surface area contributed by atoms with E-state index in [2.05, 4.69) is 11.0 Å². The number of hydrogen-bond acceptors (Lipinski definition) is 4. The third-order valence-electron chi connectivity index (χ3n) is 6.05. The number of piperidine rings is 1. The number of fused-ring (bicyclic) bond motifs is 1. The smallest absolute Gasteiger partial charge is 0.236 e. The van der Waals surface area contributed by atoms with Crippen LogP contribution in [-0.4, -0.2) is 72.9 Å². The molecule has 1 atom stereocenters. The van der Waals surface area contributed by atoms with E-state index >= 15 is 0 Å². The molecule has 6 nitrogen and oxygen atoms in total. The molecule has 26 heavy (non-hydrogen) atoms. The minimum atomic E-state index is -0.336. The maximum Gasteiger partial charge on any atom is 0.236 e. The van der Waals surface area contributed by atoms with E-state index in [9.17, 15) is 9.59 Å². The van der Waals surface area contributed by atoms with Gasteiger partial charge in [-0.2, -0.15) is 0 Å². The molecule has 0 radical (unpaired) electrons. The van der Waals surface area contributed by atoms with Crippen LogP contribution in [0, 0.1) is 5.41 Å². The Morgan fingerprint density at radius 1 is 1.19 bits per heavy atom. The van der Waals surface area contributed by atoms with Crippen LogP contribution in [-0.2, 0) is 16.1 Å². The molecule has 140 valence electrons. The van der Waals surface area contributed by atoms with Gasteiger partial charge in [-0.3, -0.25) is 14.5 Å². The van der Waals surface area contributed by atoms with Crippen molar-refractivity contribution in [2.75, 3.05) is 46.4 Å². The van der Waals surface area contributed by atoms with E-state index in [1.807, 2.05) is 35.0 Å². The highest BCUT2D eigenvalue weighted by Gasteiger charge is 2.48. The van der Waals surface area contributed by atoms with E-state index < -0.39 is 0 Å². The topological polar surface area (TPSA) is 53.1 Å². The fourth-order valence-electron chi connectivity index (χ4n) is 4.54. The Morgan fingerprint density at radius 2 is 2.04 bits per heavy atom. The van der Waals surface area contributed by atoms with Gasteiger partial charge in [0.2, 0.25) is 11.8 Å². The van der Waals surface area contributed by atoms with Gasteiger partial charge in [0.05, 0.1) is 12.0 Å². The Labute approximate surface area is 154 Å². The maximum atomic E-state index is 12.9. The van der Waals surface area contributed by atoms with Gasteiger partial charge in [-0.15, -0.1) is 0 Å². The van der Waals surface area contributed by atoms with Gasteiger partial charge < -0.3 is 14.5 Å². The fourth-order valence-corrected chi connectivity index (χ4v) is 4.54. The Morgan fingerprint density at radius 3 is 2.92 bits per heavy atom. The van der Waals surface area contributed by atoms with Gasteiger partial charge >= 0.3 is 0 Å². The van der Waals surface area contributed by atoms with Crippen molar-refractivity contribution in [1.82, 2.24) is 14.7 Å². The van der Waals surface area contributed by atoms with Crippen molar-refractivity contribution < 1.29 is 14.3 Å². The second kappa shape index (κ2) is 6.91. The monoisotopic (exact) mass is 357 g/mol. The van der Waals surface area contributed by atoms with Gasteiger partial charge in [-0.25, -0.2) is 0 Å². The summed E-state index contributed by atoms with van der Waals surface area (Å²) in [6.45, 7) is 4.55. The van der Waals surface area contributed by atoms with E-state index in [4.69, 9.17) is 4.74 Å². The molecule has 4 rings (SSSR count). The van der Waals surface area contributed by atoms with Crippen LogP contribution in [0.4, 0.5) is 0 Å². The molecule has 3 aliphatic heterocycles. The standard InChI is InChI=1S/C20H27N3O3/c1-21-9-4-7-20(19(21)25)8-10-23(15-20)18(24)14-22-11-12-26-17-6-3-2-5-16(17)13-22/h2-3,5-6H,4,7-15H2,1H3/t20-/m0/s1. The van der Waals surface area contributed by atoms with Crippen LogP contribution >= 0.6 is 0 Å². The van der Waals surface area contributed by atoms with Gasteiger partial charge in [0.15, 0.2) is 0 Å².